The molecule has 0 unspecified atom stereocenters. The number of hydrogen-bond donors (Lipinski definition) is 1. The molecule has 1 atom stereocenters. The van der Waals surface area contributed by atoms with Gasteiger partial charge >= 0.3 is 0 Å². The van der Waals surface area contributed by atoms with Crippen LogP contribution in [0.4, 0.5) is 0 Å². The molecule has 0 bridgehead atoms. The van der Waals surface area contributed by atoms with Crippen LogP contribution in [0.1, 0.15) is 44.6 Å². The molecule has 0 saturated carbocycles. The van der Waals surface area contributed by atoms with Gasteiger partial charge < -0.3 is 14.8 Å². The van der Waals surface area contributed by atoms with Crippen molar-refractivity contribution < 1.29 is 19.1 Å². The number of methoxy groups -OCH3 is 2. The van der Waals surface area contributed by atoms with Crippen LogP contribution in [0.2, 0.25) is 5.02 Å². The fourth-order valence-corrected chi connectivity index (χ4v) is 6.92. The van der Waals surface area contributed by atoms with Crippen molar-refractivity contribution in [2.45, 2.75) is 31.1 Å². The van der Waals surface area contributed by atoms with E-state index >= 15 is 0 Å². The van der Waals surface area contributed by atoms with Crippen LogP contribution in [-0.4, -0.2) is 57.3 Å². The summed E-state index contributed by atoms with van der Waals surface area (Å²) in [4.78, 5) is 27.9. The number of halogens is 1. The smallest absolute Gasteiger partial charge is 0.253 e. The second-order valence-corrected chi connectivity index (χ2v) is 13.0. The topological polar surface area (TPSA) is 111 Å². The Morgan fingerprint density at radius 2 is 1.81 bits per heavy atom. The first-order chi connectivity index (χ1) is 22.8. The van der Waals surface area contributed by atoms with Gasteiger partial charge in [0.15, 0.2) is 22.5 Å². The molecule has 2 amide bonds. The van der Waals surface area contributed by atoms with E-state index in [1.807, 2.05) is 36.6 Å². The number of aryl methyl sites for hydroxylation is 1. The van der Waals surface area contributed by atoms with Crippen molar-refractivity contribution in [2.75, 3.05) is 20.0 Å². The van der Waals surface area contributed by atoms with E-state index in [4.69, 9.17) is 26.2 Å². The number of benzene rings is 3. The summed E-state index contributed by atoms with van der Waals surface area (Å²) in [6, 6.07) is 24.2. The lowest BCUT2D eigenvalue weighted by Gasteiger charge is -2.22. The third-order valence-electron chi connectivity index (χ3n) is 7.58. The number of nitrogens with one attached hydrogen (secondary N) is 1. The lowest BCUT2D eigenvalue weighted by Crippen LogP contribution is -2.28. The van der Waals surface area contributed by atoms with E-state index in [1.54, 1.807) is 51.2 Å². The Morgan fingerprint density at radius 1 is 1.00 bits per heavy atom. The second kappa shape index (κ2) is 14.4. The summed E-state index contributed by atoms with van der Waals surface area (Å²) in [7, 11) is 3.05. The van der Waals surface area contributed by atoms with E-state index < -0.39 is 0 Å². The molecule has 1 aliphatic rings. The van der Waals surface area contributed by atoms with E-state index in [0.29, 0.717) is 45.2 Å². The molecule has 0 aliphatic carbocycles. The highest BCUT2D eigenvalue weighted by Crippen LogP contribution is 2.35. The van der Waals surface area contributed by atoms with Crippen LogP contribution in [0.3, 0.4) is 0 Å². The number of amides is 2. The third-order valence-corrected chi connectivity index (χ3v) is 9.65. The van der Waals surface area contributed by atoms with Gasteiger partial charge in [-0.05, 0) is 60.3 Å². The van der Waals surface area contributed by atoms with Gasteiger partial charge in [0.2, 0.25) is 0 Å². The highest BCUT2D eigenvalue weighted by Gasteiger charge is 2.33. The van der Waals surface area contributed by atoms with E-state index in [-0.39, 0.29) is 30.2 Å². The molecular weight excluding hydrogens is 656 g/mol. The predicted octanol–water partition coefficient (Wildman–Crippen LogP) is 6.71. The number of carbonyl (C=O) groups is 2. The minimum absolute atomic E-state index is 0.0668. The highest BCUT2D eigenvalue weighted by molar-refractivity contribution is 7.99. The molecule has 1 aliphatic heterocycles. The van der Waals surface area contributed by atoms with Crippen molar-refractivity contribution in [1.82, 2.24) is 25.1 Å². The number of aromatic nitrogens is 3. The maximum atomic E-state index is 13.8. The first kappa shape index (κ1) is 32.3. The molecule has 1 N–H and O–H groups in total. The van der Waals surface area contributed by atoms with Crippen molar-refractivity contribution >= 4 is 52.2 Å². The summed E-state index contributed by atoms with van der Waals surface area (Å²) in [5, 5.41) is 21.1. The molecule has 0 radical (unpaired) electrons. The van der Waals surface area contributed by atoms with Crippen molar-refractivity contribution in [3.63, 3.8) is 0 Å². The number of nitrogens with zero attached hydrogens (tertiary/aromatic N) is 5. The van der Waals surface area contributed by atoms with Crippen molar-refractivity contribution in [2.24, 2.45) is 5.10 Å². The fourth-order valence-electron chi connectivity index (χ4n) is 5.19. The summed E-state index contributed by atoms with van der Waals surface area (Å²) in [5.41, 5.74) is 4.16. The van der Waals surface area contributed by atoms with Gasteiger partial charge in [0.25, 0.3) is 11.8 Å². The van der Waals surface area contributed by atoms with Crippen LogP contribution < -0.4 is 14.8 Å². The van der Waals surface area contributed by atoms with Crippen molar-refractivity contribution in [3.8, 4) is 17.2 Å². The van der Waals surface area contributed by atoms with Gasteiger partial charge in [-0.25, -0.2) is 5.01 Å². The third kappa shape index (κ3) is 7.19. The lowest BCUT2D eigenvalue weighted by molar-refractivity contribution is -0.130. The zero-order valence-electron chi connectivity index (χ0n) is 25.8. The van der Waals surface area contributed by atoms with Crippen LogP contribution in [0.5, 0.6) is 11.5 Å². The monoisotopic (exact) mass is 686 g/mol. The largest absolute Gasteiger partial charge is 0.493 e. The second-order valence-electron chi connectivity index (χ2n) is 10.6. The van der Waals surface area contributed by atoms with Crippen molar-refractivity contribution in [3.05, 3.63) is 117 Å². The van der Waals surface area contributed by atoms with E-state index in [9.17, 15) is 9.59 Å². The van der Waals surface area contributed by atoms with Gasteiger partial charge in [0.05, 0.1) is 48.8 Å². The Balaban J connectivity index is 1.23. The first-order valence-corrected chi connectivity index (χ1v) is 16.9. The summed E-state index contributed by atoms with van der Waals surface area (Å²) in [6.07, 6.45) is 0.628. The molecule has 10 nitrogen and oxygen atoms in total. The number of thioether (sulfide) groups is 1. The molecule has 6 rings (SSSR count). The predicted molar refractivity (Wildman–Crippen MR) is 184 cm³/mol. The average Bonchev–Trinajstić information content (AvgIpc) is 3.86. The Hall–Kier alpha value is -4.65. The summed E-state index contributed by atoms with van der Waals surface area (Å²) in [5.74, 6) is 1.02. The van der Waals surface area contributed by atoms with Crippen LogP contribution in [-0.2, 0) is 11.3 Å². The maximum absolute atomic E-state index is 13.8. The molecule has 2 aromatic heterocycles. The molecule has 3 heterocycles. The molecule has 5 aromatic rings. The average molecular weight is 687 g/mol. The molecule has 0 fully saturated rings. The van der Waals surface area contributed by atoms with Gasteiger partial charge in [-0.15, -0.1) is 21.5 Å². The number of hydrogen-bond acceptors (Lipinski definition) is 9. The number of carbonyl (C=O) groups excluding carboxylic acids is 2. The molecule has 0 spiro atoms. The molecule has 3 aromatic carbocycles. The summed E-state index contributed by atoms with van der Waals surface area (Å²) >= 11 is 9.21. The zero-order valence-corrected chi connectivity index (χ0v) is 28.2. The first-order valence-electron chi connectivity index (χ1n) is 14.7. The highest BCUT2D eigenvalue weighted by atomic mass is 35.5. The lowest BCUT2D eigenvalue weighted by atomic mass is 10.00. The number of ether oxygens (including phenoxy) is 2. The van der Waals surface area contributed by atoms with Gasteiger partial charge in [-0.2, -0.15) is 5.10 Å². The van der Waals surface area contributed by atoms with Crippen LogP contribution in [0.25, 0.3) is 5.69 Å². The molecule has 0 saturated heterocycles. The Labute approximate surface area is 285 Å². The van der Waals surface area contributed by atoms with E-state index in [0.717, 1.165) is 21.7 Å². The van der Waals surface area contributed by atoms with Gasteiger partial charge in [0, 0.05) is 17.0 Å². The van der Waals surface area contributed by atoms with Gasteiger partial charge in [0.1, 0.15) is 0 Å². The van der Waals surface area contributed by atoms with E-state index in [1.165, 1.54) is 26.0 Å². The minimum Gasteiger partial charge on any atom is -0.493 e. The number of hydrazone groups is 1. The quantitative estimate of drug-likeness (QED) is 0.154. The summed E-state index contributed by atoms with van der Waals surface area (Å²) in [6.45, 7) is 2.11. The molecule has 47 heavy (non-hydrogen) atoms. The van der Waals surface area contributed by atoms with Crippen LogP contribution in [0, 0.1) is 6.92 Å². The van der Waals surface area contributed by atoms with E-state index in [2.05, 4.69) is 39.8 Å². The molecule has 13 heteroatoms. The van der Waals surface area contributed by atoms with Crippen molar-refractivity contribution in [1.29, 1.82) is 0 Å². The Morgan fingerprint density at radius 3 is 2.53 bits per heavy atom. The van der Waals surface area contributed by atoms with Crippen LogP contribution >= 0.6 is 34.7 Å². The Bertz CT molecular complexity index is 1930. The fraction of sp³-hybridized carbons (Fsp3) is 0.206. The minimum atomic E-state index is -0.327. The van der Waals surface area contributed by atoms with Gasteiger partial charge in [-0.1, -0.05) is 65.3 Å². The molecule has 240 valence electrons. The maximum Gasteiger partial charge on any atom is 0.253 e. The normalized spacial score (nSPS) is 14.2. The van der Waals surface area contributed by atoms with Crippen LogP contribution in [0.15, 0.2) is 94.5 Å². The SMILES string of the molecule is COc1ccc(C(=O)NCc2nnc(SCC(=O)N3N=C(c4cccs4)C[C@@H]3c3ccc(C)cc3)n2-c2cccc(Cl)c2)cc1OC. The molecular formula is C34H31ClN6O4S2. The number of rotatable bonds is 11. The number of thiophene rings is 1. The Kier molecular flexibility index (Phi) is 9.90. The standard InChI is InChI=1S/C34H31ClN6O4S2/c1-21-9-11-22(12-10-21)27-18-26(30-8-5-15-46-30)39-41(27)32(42)20-47-34-38-37-31(40(34)25-7-4-6-24(35)17-25)19-36-33(43)23-13-14-28(44-2)29(16-23)45-3/h4-17,27H,18-20H2,1-3H3,(H,36,43)/t27-/m1/s1. The summed E-state index contributed by atoms with van der Waals surface area (Å²) < 4.78 is 12.4. The van der Waals surface area contributed by atoms with Gasteiger partial charge in [-0.3, -0.25) is 14.2 Å². The zero-order chi connectivity index (χ0) is 32.9.